The highest BCUT2D eigenvalue weighted by atomic mass is 16.5. The van der Waals surface area contributed by atoms with E-state index in [0.717, 1.165) is 29.5 Å². The van der Waals surface area contributed by atoms with Crippen LogP contribution in [0.2, 0.25) is 0 Å². The SMILES string of the molecule is CCNc1cc(C)nc(N2CCN(C(=O)C3CC(=O)N(c4ccc(OC)cc4)C3)CC2)n1. The largest absolute Gasteiger partial charge is 0.497 e. The number of piperazine rings is 1. The van der Waals surface area contributed by atoms with Gasteiger partial charge in [0, 0.05) is 63.1 Å². The van der Waals surface area contributed by atoms with Crippen LogP contribution < -0.4 is 19.9 Å². The second kappa shape index (κ2) is 9.42. The lowest BCUT2D eigenvalue weighted by Crippen LogP contribution is -2.51. The van der Waals surface area contributed by atoms with Gasteiger partial charge in [0.25, 0.3) is 0 Å². The molecule has 1 atom stereocenters. The van der Waals surface area contributed by atoms with Crippen LogP contribution in [-0.2, 0) is 9.59 Å². The first-order chi connectivity index (χ1) is 15.5. The van der Waals surface area contributed by atoms with Gasteiger partial charge in [0.15, 0.2) is 0 Å². The van der Waals surface area contributed by atoms with E-state index in [1.807, 2.05) is 49.1 Å². The van der Waals surface area contributed by atoms with E-state index in [1.54, 1.807) is 12.0 Å². The van der Waals surface area contributed by atoms with E-state index in [1.165, 1.54) is 0 Å². The molecule has 1 N–H and O–H groups in total. The molecule has 2 fully saturated rings. The van der Waals surface area contributed by atoms with Gasteiger partial charge in [-0.15, -0.1) is 0 Å². The van der Waals surface area contributed by atoms with E-state index in [9.17, 15) is 9.59 Å². The van der Waals surface area contributed by atoms with Crippen molar-refractivity contribution in [3.8, 4) is 5.75 Å². The lowest BCUT2D eigenvalue weighted by atomic mass is 10.1. The zero-order valence-electron chi connectivity index (χ0n) is 18.9. The number of ether oxygens (including phenoxy) is 1. The highest BCUT2D eigenvalue weighted by Gasteiger charge is 2.38. The zero-order chi connectivity index (χ0) is 22.7. The predicted molar refractivity (Wildman–Crippen MR) is 123 cm³/mol. The van der Waals surface area contributed by atoms with Crippen LogP contribution in [0.15, 0.2) is 30.3 Å². The highest BCUT2D eigenvalue weighted by molar-refractivity contribution is 6.00. The first-order valence-electron chi connectivity index (χ1n) is 11.1. The maximum Gasteiger partial charge on any atom is 0.228 e. The third kappa shape index (κ3) is 4.61. The van der Waals surface area contributed by atoms with Crippen molar-refractivity contribution < 1.29 is 14.3 Å². The number of methoxy groups -OCH3 is 1. The van der Waals surface area contributed by atoms with Crippen molar-refractivity contribution in [3.63, 3.8) is 0 Å². The number of carbonyl (C=O) groups excluding carboxylic acids is 2. The Morgan fingerprint density at radius 1 is 1.16 bits per heavy atom. The summed E-state index contributed by atoms with van der Waals surface area (Å²) in [6.07, 6.45) is 0.248. The fourth-order valence-electron chi connectivity index (χ4n) is 4.24. The number of rotatable bonds is 6. The summed E-state index contributed by atoms with van der Waals surface area (Å²) in [5.74, 6) is 1.96. The van der Waals surface area contributed by atoms with Crippen molar-refractivity contribution in [3.05, 3.63) is 36.0 Å². The van der Waals surface area contributed by atoms with Crippen LogP contribution in [-0.4, -0.2) is 73.1 Å². The predicted octanol–water partition coefficient (Wildman–Crippen LogP) is 1.93. The van der Waals surface area contributed by atoms with Crippen molar-refractivity contribution in [1.82, 2.24) is 14.9 Å². The fourth-order valence-corrected chi connectivity index (χ4v) is 4.24. The maximum atomic E-state index is 13.1. The fraction of sp³-hybridized carbons (Fsp3) is 0.478. The van der Waals surface area contributed by atoms with Crippen molar-refractivity contribution in [2.75, 3.05) is 61.5 Å². The molecule has 0 radical (unpaired) electrons. The van der Waals surface area contributed by atoms with Gasteiger partial charge < -0.3 is 24.8 Å². The first kappa shape index (κ1) is 21.9. The number of nitrogens with one attached hydrogen (secondary N) is 1. The van der Waals surface area contributed by atoms with E-state index < -0.39 is 0 Å². The second-order valence-corrected chi connectivity index (χ2v) is 8.14. The van der Waals surface area contributed by atoms with Gasteiger partial charge in [-0.1, -0.05) is 0 Å². The van der Waals surface area contributed by atoms with Crippen molar-refractivity contribution in [2.45, 2.75) is 20.3 Å². The van der Waals surface area contributed by atoms with Gasteiger partial charge in [-0.05, 0) is 38.1 Å². The number of aromatic nitrogens is 2. The lowest BCUT2D eigenvalue weighted by Gasteiger charge is -2.36. The van der Waals surface area contributed by atoms with Crippen LogP contribution in [0, 0.1) is 12.8 Å². The monoisotopic (exact) mass is 438 g/mol. The Morgan fingerprint density at radius 3 is 2.53 bits per heavy atom. The van der Waals surface area contributed by atoms with Crippen molar-refractivity contribution >= 4 is 29.3 Å². The van der Waals surface area contributed by atoms with E-state index in [0.29, 0.717) is 38.7 Å². The van der Waals surface area contributed by atoms with Crippen LogP contribution in [0.25, 0.3) is 0 Å². The van der Waals surface area contributed by atoms with Crippen LogP contribution in [0.1, 0.15) is 19.0 Å². The smallest absolute Gasteiger partial charge is 0.228 e. The third-order valence-corrected chi connectivity index (χ3v) is 5.93. The summed E-state index contributed by atoms with van der Waals surface area (Å²) in [5.41, 5.74) is 1.71. The molecule has 1 aromatic heterocycles. The molecule has 0 bridgehead atoms. The molecule has 2 aliphatic rings. The maximum absolute atomic E-state index is 13.1. The Balaban J connectivity index is 1.36. The minimum absolute atomic E-state index is 0.0173. The number of nitrogens with zero attached hydrogens (tertiary/aromatic N) is 5. The number of carbonyl (C=O) groups is 2. The minimum atomic E-state index is -0.313. The molecule has 0 aliphatic carbocycles. The average Bonchev–Trinajstić information content (AvgIpc) is 3.20. The summed E-state index contributed by atoms with van der Waals surface area (Å²) in [4.78, 5) is 40.5. The van der Waals surface area contributed by atoms with Gasteiger partial charge in [0.1, 0.15) is 11.6 Å². The van der Waals surface area contributed by atoms with Crippen LogP contribution in [0.4, 0.5) is 17.5 Å². The van der Waals surface area contributed by atoms with Gasteiger partial charge in [-0.25, -0.2) is 4.98 Å². The van der Waals surface area contributed by atoms with E-state index >= 15 is 0 Å². The zero-order valence-corrected chi connectivity index (χ0v) is 18.9. The van der Waals surface area contributed by atoms with E-state index in [2.05, 4.69) is 20.2 Å². The molecule has 9 nitrogen and oxygen atoms in total. The molecule has 4 rings (SSSR count). The summed E-state index contributed by atoms with van der Waals surface area (Å²) in [7, 11) is 1.61. The molecule has 2 amide bonds. The molecule has 2 saturated heterocycles. The summed E-state index contributed by atoms with van der Waals surface area (Å²) < 4.78 is 5.18. The Bertz CT molecular complexity index is 972. The number of anilines is 3. The summed E-state index contributed by atoms with van der Waals surface area (Å²) in [5, 5.41) is 3.23. The molecular formula is C23H30N6O3. The average molecular weight is 439 g/mol. The molecular weight excluding hydrogens is 408 g/mol. The molecule has 3 heterocycles. The summed E-state index contributed by atoms with van der Waals surface area (Å²) in [6.45, 7) is 7.73. The second-order valence-electron chi connectivity index (χ2n) is 8.14. The van der Waals surface area contributed by atoms with Crippen molar-refractivity contribution in [1.29, 1.82) is 0 Å². The first-order valence-corrected chi connectivity index (χ1v) is 11.1. The number of benzene rings is 1. The Kier molecular flexibility index (Phi) is 6.43. The standard InChI is InChI=1S/C23H30N6O3/c1-4-24-20-13-16(2)25-23(26-20)28-11-9-27(10-12-28)22(31)17-14-21(30)29(15-17)18-5-7-19(32-3)8-6-18/h5-8,13,17H,4,9-12,14-15H2,1-3H3,(H,24,25,26). The third-order valence-electron chi connectivity index (χ3n) is 5.93. The Morgan fingerprint density at radius 2 is 1.88 bits per heavy atom. The molecule has 1 unspecified atom stereocenters. The van der Waals surface area contributed by atoms with Gasteiger partial charge in [0.2, 0.25) is 17.8 Å². The molecule has 9 heteroatoms. The molecule has 1 aromatic carbocycles. The normalized spacial score (nSPS) is 18.8. The highest BCUT2D eigenvalue weighted by Crippen LogP contribution is 2.28. The molecule has 2 aliphatic heterocycles. The van der Waals surface area contributed by atoms with Crippen molar-refractivity contribution in [2.24, 2.45) is 5.92 Å². The van der Waals surface area contributed by atoms with E-state index in [-0.39, 0.29) is 24.2 Å². The number of hydrogen-bond donors (Lipinski definition) is 1. The lowest BCUT2D eigenvalue weighted by molar-refractivity contribution is -0.136. The van der Waals surface area contributed by atoms with Gasteiger partial charge in [-0.2, -0.15) is 4.98 Å². The summed E-state index contributed by atoms with van der Waals surface area (Å²) >= 11 is 0. The minimum Gasteiger partial charge on any atom is -0.497 e. The molecule has 0 spiro atoms. The number of amides is 2. The number of aryl methyl sites for hydroxylation is 1. The molecule has 2 aromatic rings. The Labute approximate surface area is 188 Å². The van der Waals surface area contributed by atoms with Gasteiger partial charge in [0.05, 0.1) is 13.0 Å². The molecule has 170 valence electrons. The number of hydrogen-bond acceptors (Lipinski definition) is 7. The van der Waals surface area contributed by atoms with Crippen LogP contribution in [0.3, 0.4) is 0 Å². The Hall–Kier alpha value is -3.36. The molecule has 0 saturated carbocycles. The van der Waals surface area contributed by atoms with Crippen LogP contribution in [0.5, 0.6) is 5.75 Å². The van der Waals surface area contributed by atoms with Gasteiger partial charge >= 0.3 is 0 Å². The topological polar surface area (TPSA) is 90.9 Å². The molecule has 32 heavy (non-hydrogen) atoms. The van der Waals surface area contributed by atoms with Gasteiger partial charge in [-0.3, -0.25) is 9.59 Å². The van der Waals surface area contributed by atoms with E-state index in [4.69, 9.17) is 4.74 Å². The quantitative estimate of drug-likeness (QED) is 0.737. The summed E-state index contributed by atoms with van der Waals surface area (Å²) in [6, 6.07) is 9.29. The van der Waals surface area contributed by atoms with Crippen LogP contribution >= 0.6 is 0 Å².